The van der Waals surface area contributed by atoms with E-state index < -0.39 is 0 Å². The molecule has 1 fully saturated rings. The van der Waals surface area contributed by atoms with Gasteiger partial charge in [0.05, 0.1) is 18.6 Å². The molecule has 0 atom stereocenters. The lowest BCUT2D eigenvalue weighted by Crippen LogP contribution is -2.47. The Bertz CT molecular complexity index is 1380. The van der Waals surface area contributed by atoms with Crippen molar-refractivity contribution in [1.82, 2.24) is 34.5 Å². The van der Waals surface area contributed by atoms with Crippen molar-refractivity contribution in [2.24, 2.45) is 7.05 Å². The number of fused-ring (bicyclic) bond motifs is 1. The summed E-state index contributed by atoms with van der Waals surface area (Å²) in [7, 11) is 1.90. The molecule has 10 heteroatoms. The van der Waals surface area contributed by atoms with Gasteiger partial charge in [-0.2, -0.15) is 19.7 Å². The molecule has 6 rings (SSSR count). The number of anilines is 2. The first-order valence-electron chi connectivity index (χ1n) is 10.9. The van der Waals surface area contributed by atoms with Gasteiger partial charge in [-0.25, -0.2) is 4.98 Å². The maximum Gasteiger partial charge on any atom is 0.324 e. The van der Waals surface area contributed by atoms with Crippen molar-refractivity contribution in [1.29, 1.82) is 0 Å². The molecule has 0 bridgehead atoms. The highest BCUT2D eigenvalue weighted by molar-refractivity contribution is 5.66. The molecule has 0 spiro atoms. The third kappa shape index (κ3) is 3.79. The lowest BCUT2D eigenvalue weighted by atomic mass is 10.1. The van der Waals surface area contributed by atoms with Crippen LogP contribution in [0.3, 0.4) is 0 Å². The highest BCUT2D eigenvalue weighted by atomic mass is 16.5. The molecule has 1 saturated heterocycles. The zero-order valence-corrected chi connectivity index (χ0v) is 18.2. The highest BCUT2D eigenvalue weighted by Gasteiger charge is 2.24. The molecule has 0 N–H and O–H groups in total. The number of aryl methyl sites for hydroxylation is 1. The fraction of sp³-hybridized carbons (Fsp3) is 0.261. The first-order chi connectivity index (χ1) is 16.2. The first kappa shape index (κ1) is 19.5. The van der Waals surface area contributed by atoms with Crippen LogP contribution in [0.15, 0.2) is 65.7 Å². The molecule has 0 unspecified atom stereocenters. The van der Waals surface area contributed by atoms with E-state index in [0.29, 0.717) is 18.3 Å². The van der Waals surface area contributed by atoms with Crippen LogP contribution in [0.5, 0.6) is 0 Å². The van der Waals surface area contributed by atoms with Crippen molar-refractivity contribution in [3.8, 4) is 11.1 Å². The second kappa shape index (κ2) is 8.05. The summed E-state index contributed by atoms with van der Waals surface area (Å²) >= 11 is 0. The molecule has 5 aromatic rings. The summed E-state index contributed by atoms with van der Waals surface area (Å²) in [6, 6.07) is 12.8. The molecule has 166 valence electrons. The third-order valence-electron chi connectivity index (χ3n) is 5.92. The Balaban J connectivity index is 1.14. The van der Waals surface area contributed by atoms with Gasteiger partial charge in [0.2, 0.25) is 0 Å². The van der Waals surface area contributed by atoms with Gasteiger partial charge in [-0.1, -0.05) is 35.5 Å². The van der Waals surface area contributed by atoms with E-state index in [1.54, 1.807) is 4.68 Å². The Hall–Kier alpha value is -4.21. The zero-order chi connectivity index (χ0) is 22.2. The number of hydrogen-bond acceptors (Lipinski definition) is 8. The van der Waals surface area contributed by atoms with E-state index in [4.69, 9.17) is 4.52 Å². The number of nitrogens with zero attached hydrogens (tertiary/aromatic N) is 9. The van der Waals surface area contributed by atoms with Gasteiger partial charge in [-0.05, 0) is 11.6 Å². The van der Waals surface area contributed by atoms with Crippen molar-refractivity contribution in [2.45, 2.75) is 6.42 Å². The third-order valence-corrected chi connectivity index (χ3v) is 5.92. The molecule has 0 saturated carbocycles. The van der Waals surface area contributed by atoms with Crippen LogP contribution in [0.4, 0.5) is 11.8 Å². The summed E-state index contributed by atoms with van der Waals surface area (Å²) < 4.78 is 9.21. The largest absolute Gasteiger partial charge is 0.352 e. The fourth-order valence-corrected chi connectivity index (χ4v) is 4.16. The van der Waals surface area contributed by atoms with Crippen molar-refractivity contribution >= 4 is 17.5 Å². The maximum atomic E-state index is 5.54. The smallest absolute Gasteiger partial charge is 0.324 e. The summed E-state index contributed by atoms with van der Waals surface area (Å²) in [6.07, 6.45) is 8.21. The minimum Gasteiger partial charge on any atom is -0.352 e. The number of aromatic nitrogens is 7. The minimum atomic E-state index is 0.581. The number of hydrogen-bond donors (Lipinski definition) is 0. The van der Waals surface area contributed by atoms with Crippen molar-refractivity contribution < 1.29 is 4.52 Å². The highest BCUT2D eigenvalue weighted by Crippen LogP contribution is 2.24. The van der Waals surface area contributed by atoms with E-state index in [1.807, 2.05) is 60.6 Å². The molecule has 1 aromatic carbocycles. The molecule has 4 aromatic heterocycles. The van der Waals surface area contributed by atoms with Gasteiger partial charge in [-0.3, -0.25) is 4.68 Å². The topological polar surface area (TPSA) is 93.4 Å². The zero-order valence-electron chi connectivity index (χ0n) is 18.2. The molecule has 1 aliphatic rings. The van der Waals surface area contributed by atoms with Crippen LogP contribution in [0.25, 0.3) is 16.8 Å². The normalized spacial score (nSPS) is 14.3. The van der Waals surface area contributed by atoms with Gasteiger partial charge < -0.3 is 14.3 Å². The first-order valence-corrected chi connectivity index (χ1v) is 10.9. The van der Waals surface area contributed by atoms with Crippen molar-refractivity contribution in [3.63, 3.8) is 0 Å². The Kier molecular flexibility index (Phi) is 4.75. The molecule has 0 aliphatic carbocycles. The van der Waals surface area contributed by atoms with Gasteiger partial charge in [0.25, 0.3) is 0 Å². The second-order valence-corrected chi connectivity index (χ2v) is 8.16. The van der Waals surface area contributed by atoms with E-state index in [1.165, 1.54) is 5.56 Å². The quantitative estimate of drug-likeness (QED) is 0.411. The average Bonchev–Trinajstić information content (AvgIpc) is 3.59. The Morgan fingerprint density at radius 1 is 0.909 bits per heavy atom. The lowest BCUT2D eigenvalue weighted by molar-refractivity contribution is 0.403. The van der Waals surface area contributed by atoms with E-state index >= 15 is 0 Å². The Morgan fingerprint density at radius 3 is 2.48 bits per heavy atom. The van der Waals surface area contributed by atoms with Crippen LogP contribution in [-0.2, 0) is 13.5 Å². The van der Waals surface area contributed by atoms with Gasteiger partial charge >= 0.3 is 6.01 Å². The molecule has 33 heavy (non-hydrogen) atoms. The van der Waals surface area contributed by atoms with E-state index in [-0.39, 0.29) is 0 Å². The second-order valence-electron chi connectivity index (χ2n) is 8.16. The van der Waals surface area contributed by atoms with E-state index in [2.05, 4.69) is 47.3 Å². The van der Waals surface area contributed by atoms with Crippen LogP contribution in [0.2, 0.25) is 0 Å². The summed E-state index contributed by atoms with van der Waals surface area (Å²) in [6.45, 7) is 3.20. The summed E-state index contributed by atoms with van der Waals surface area (Å²) in [5.41, 5.74) is 4.01. The maximum absolute atomic E-state index is 5.54. The van der Waals surface area contributed by atoms with Crippen molar-refractivity contribution in [3.05, 3.63) is 72.6 Å². The predicted octanol–water partition coefficient (Wildman–Crippen LogP) is 2.43. The van der Waals surface area contributed by atoms with Crippen LogP contribution >= 0.6 is 0 Å². The SMILES string of the molecule is Cn1cc(-c2cnn3c(N4CCN(c5nc(Cc6ccccc6)no5)CC4)cnc3c2)cn1. The predicted molar refractivity (Wildman–Crippen MR) is 123 cm³/mol. The standard InChI is InChI=1S/C23H23N9O/c1-29-16-19(14-25-29)18-12-21-24-15-22(32(21)26-13-18)30-7-9-31(10-8-30)23-27-20(28-33-23)11-17-5-3-2-4-6-17/h2-6,12-16H,7-11H2,1H3. The molecular formula is C23H23N9O. The Labute approximate surface area is 190 Å². The van der Waals surface area contributed by atoms with Gasteiger partial charge in [-0.15, -0.1) is 0 Å². The molecule has 10 nitrogen and oxygen atoms in total. The monoisotopic (exact) mass is 441 g/mol. The minimum absolute atomic E-state index is 0.581. The fourth-order valence-electron chi connectivity index (χ4n) is 4.16. The number of rotatable bonds is 5. The van der Waals surface area contributed by atoms with Crippen LogP contribution < -0.4 is 9.80 Å². The van der Waals surface area contributed by atoms with E-state index in [9.17, 15) is 0 Å². The number of benzene rings is 1. The summed E-state index contributed by atoms with van der Waals surface area (Å²) in [5, 5.41) is 13.0. The van der Waals surface area contributed by atoms with Gasteiger partial charge in [0.1, 0.15) is 0 Å². The van der Waals surface area contributed by atoms with Crippen LogP contribution in [0, 0.1) is 0 Å². The number of piperazine rings is 1. The summed E-state index contributed by atoms with van der Waals surface area (Å²) in [4.78, 5) is 13.6. The molecule has 5 heterocycles. The average molecular weight is 441 g/mol. The van der Waals surface area contributed by atoms with E-state index in [0.717, 1.165) is 48.8 Å². The van der Waals surface area contributed by atoms with Crippen LogP contribution in [0.1, 0.15) is 11.4 Å². The Morgan fingerprint density at radius 2 is 1.70 bits per heavy atom. The van der Waals surface area contributed by atoms with Crippen molar-refractivity contribution in [2.75, 3.05) is 36.0 Å². The number of imidazole rings is 1. The summed E-state index contributed by atoms with van der Waals surface area (Å²) in [5.74, 6) is 1.69. The molecule has 1 aliphatic heterocycles. The molecule has 0 amide bonds. The lowest BCUT2D eigenvalue weighted by Gasteiger charge is -2.34. The van der Waals surface area contributed by atoms with Gasteiger partial charge in [0.15, 0.2) is 17.3 Å². The van der Waals surface area contributed by atoms with Crippen LogP contribution in [-0.4, -0.2) is 60.7 Å². The molecule has 0 radical (unpaired) electrons. The molecular weight excluding hydrogens is 418 g/mol. The van der Waals surface area contributed by atoms with Gasteiger partial charge in [0, 0.05) is 57.0 Å².